The summed E-state index contributed by atoms with van der Waals surface area (Å²) in [4.78, 5) is 6.63. The van der Waals surface area contributed by atoms with Gasteiger partial charge in [0.15, 0.2) is 11.6 Å². The monoisotopic (exact) mass is 235 g/mol. The quantitative estimate of drug-likeness (QED) is 0.830. The maximum Gasteiger partial charge on any atom is 0.171 e. The molecule has 3 rings (SSSR count). The molecule has 2 aliphatic rings. The van der Waals surface area contributed by atoms with E-state index in [0.29, 0.717) is 17.9 Å². The van der Waals surface area contributed by atoms with Gasteiger partial charge in [0.2, 0.25) is 0 Å². The van der Waals surface area contributed by atoms with Crippen LogP contribution in [0.3, 0.4) is 0 Å². The number of aromatic nitrogens is 1. The van der Waals surface area contributed by atoms with Crippen LogP contribution in [0.2, 0.25) is 0 Å². The number of nitrogens with two attached hydrogens (primary N) is 1. The van der Waals surface area contributed by atoms with E-state index >= 15 is 0 Å². The van der Waals surface area contributed by atoms with Crippen LogP contribution >= 0.6 is 0 Å². The van der Waals surface area contributed by atoms with Crippen molar-refractivity contribution >= 4 is 11.5 Å². The Labute approximate surface area is 101 Å². The van der Waals surface area contributed by atoms with Crippen molar-refractivity contribution in [2.75, 3.05) is 30.8 Å². The second kappa shape index (κ2) is 4.07. The normalized spacial score (nSPS) is 27.2. The highest BCUT2D eigenvalue weighted by atomic mass is 16.5. The molecule has 17 heavy (non-hydrogen) atoms. The number of nitrogens with zero attached hydrogens (tertiary/aromatic N) is 2. The van der Waals surface area contributed by atoms with Gasteiger partial charge in [-0.2, -0.15) is 0 Å². The lowest BCUT2D eigenvalue weighted by Gasteiger charge is -2.33. The van der Waals surface area contributed by atoms with Crippen molar-refractivity contribution < 1.29 is 9.47 Å². The smallest absolute Gasteiger partial charge is 0.171 e. The minimum atomic E-state index is 0.345. The lowest BCUT2D eigenvalue weighted by molar-refractivity contribution is 0.0301. The summed E-state index contributed by atoms with van der Waals surface area (Å²) in [5, 5.41) is 0. The topological polar surface area (TPSA) is 60.6 Å². The zero-order valence-electron chi connectivity index (χ0n) is 9.93. The molecular weight excluding hydrogens is 218 g/mol. The van der Waals surface area contributed by atoms with Gasteiger partial charge in [-0.25, -0.2) is 4.98 Å². The maximum atomic E-state index is 5.81. The van der Waals surface area contributed by atoms with Crippen LogP contribution < -0.4 is 15.4 Å². The van der Waals surface area contributed by atoms with Crippen LogP contribution in [0, 0.1) is 0 Å². The largest absolute Gasteiger partial charge is 0.493 e. The second-order valence-electron chi connectivity index (χ2n) is 4.66. The first kappa shape index (κ1) is 10.7. The minimum absolute atomic E-state index is 0.345. The molecule has 2 atom stereocenters. The summed E-state index contributed by atoms with van der Waals surface area (Å²) in [7, 11) is 1.65. The van der Waals surface area contributed by atoms with Crippen LogP contribution in [0.15, 0.2) is 12.3 Å². The van der Waals surface area contributed by atoms with Crippen molar-refractivity contribution in [2.24, 2.45) is 0 Å². The van der Waals surface area contributed by atoms with Gasteiger partial charge in [-0.05, 0) is 12.8 Å². The fourth-order valence-electron chi connectivity index (χ4n) is 2.63. The highest BCUT2D eigenvalue weighted by Gasteiger charge is 2.35. The highest BCUT2D eigenvalue weighted by Crippen LogP contribution is 2.33. The number of hydrogen-bond donors (Lipinski definition) is 1. The molecule has 1 aromatic heterocycles. The number of ether oxygens (including phenoxy) is 2. The van der Waals surface area contributed by atoms with Gasteiger partial charge in [-0.3, -0.25) is 0 Å². The third-order valence-corrected chi connectivity index (χ3v) is 3.42. The van der Waals surface area contributed by atoms with Crippen LogP contribution in [-0.2, 0) is 4.74 Å². The average molecular weight is 235 g/mol. The van der Waals surface area contributed by atoms with E-state index in [1.165, 1.54) is 0 Å². The van der Waals surface area contributed by atoms with E-state index < -0.39 is 0 Å². The molecule has 1 aromatic rings. The van der Waals surface area contributed by atoms with E-state index in [4.69, 9.17) is 15.2 Å². The number of hydrogen-bond acceptors (Lipinski definition) is 5. The molecule has 5 heteroatoms. The molecule has 0 saturated carbocycles. The first-order valence-corrected chi connectivity index (χ1v) is 5.96. The van der Waals surface area contributed by atoms with E-state index in [9.17, 15) is 0 Å². The third kappa shape index (κ3) is 1.91. The Kier molecular flexibility index (Phi) is 2.55. The fraction of sp³-hybridized carbons (Fsp3) is 0.583. The van der Waals surface area contributed by atoms with Gasteiger partial charge in [-0.15, -0.1) is 0 Å². The minimum Gasteiger partial charge on any atom is -0.493 e. The Bertz CT molecular complexity index is 412. The molecule has 2 N–H and O–H groups in total. The molecule has 2 aliphatic heterocycles. The van der Waals surface area contributed by atoms with Crippen LogP contribution in [0.5, 0.6) is 5.75 Å². The molecule has 92 valence electrons. The summed E-state index contributed by atoms with van der Waals surface area (Å²) in [6, 6.07) is 1.82. The van der Waals surface area contributed by atoms with Crippen molar-refractivity contribution in [3.05, 3.63) is 12.3 Å². The zero-order valence-corrected chi connectivity index (χ0v) is 9.93. The Morgan fingerprint density at radius 1 is 1.41 bits per heavy atom. The molecule has 0 aromatic carbocycles. The SMILES string of the molecule is COc1cc(N)cnc1N1C[C@H]2CC[C@@H](C1)O2. The van der Waals surface area contributed by atoms with Crippen molar-refractivity contribution in [3.8, 4) is 5.75 Å². The first-order valence-electron chi connectivity index (χ1n) is 5.96. The predicted molar refractivity (Wildman–Crippen MR) is 65.3 cm³/mol. The Hall–Kier alpha value is -1.49. The van der Waals surface area contributed by atoms with Crippen LogP contribution in [-0.4, -0.2) is 37.4 Å². The van der Waals surface area contributed by atoms with Crippen LogP contribution in [0.4, 0.5) is 11.5 Å². The molecule has 0 aliphatic carbocycles. The predicted octanol–water partition coefficient (Wildman–Crippen LogP) is 1.04. The van der Waals surface area contributed by atoms with Crippen LogP contribution in [0.1, 0.15) is 12.8 Å². The number of anilines is 2. The van der Waals surface area contributed by atoms with E-state index in [1.807, 2.05) is 6.07 Å². The van der Waals surface area contributed by atoms with E-state index in [1.54, 1.807) is 13.3 Å². The number of fused-ring (bicyclic) bond motifs is 2. The highest BCUT2D eigenvalue weighted by molar-refractivity contribution is 5.58. The van der Waals surface area contributed by atoms with Crippen molar-refractivity contribution in [2.45, 2.75) is 25.0 Å². The molecule has 0 radical (unpaired) electrons. The fourth-order valence-corrected chi connectivity index (χ4v) is 2.63. The maximum absolute atomic E-state index is 5.81. The van der Waals surface area contributed by atoms with E-state index in [-0.39, 0.29) is 0 Å². The van der Waals surface area contributed by atoms with Gasteiger partial charge < -0.3 is 20.1 Å². The number of methoxy groups -OCH3 is 1. The van der Waals surface area contributed by atoms with Crippen molar-refractivity contribution in [3.63, 3.8) is 0 Å². The molecule has 5 nitrogen and oxygen atoms in total. The lowest BCUT2D eigenvalue weighted by atomic mass is 10.2. The van der Waals surface area contributed by atoms with Gasteiger partial charge in [0.25, 0.3) is 0 Å². The molecule has 2 bridgehead atoms. The summed E-state index contributed by atoms with van der Waals surface area (Å²) >= 11 is 0. The van der Waals surface area contributed by atoms with E-state index in [2.05, 4.69) is 9.88 Å². The Morgan fingerprint density at radius 2 is 2.12 bits per heavy atom. The number of morpholine rings is 1. The average Bonchev–Trinajstić information content (AvgIpc) is 2.68. The Morgan fingerprint density at radius 3 is 2.76 bits per heavy atom. The van der Waals surface area contributed by atoms with Gasteiger partial charge in [0.05, 0.1) is 31.2 Å². The summed E-state index contributed by atoms with van der Waals surface area (Å²) in [6.45, 7) is 1.79. The molecule has 2 fully saturated rings. The molecule has 0 spiro atoms. The second-order valence-corrected chi connectivity index (χ2v) is 4.66. The number of pyridine rings is 1. The summed E-state index contributed by atoms with van der Waals surface area (Å²) in [5.41, 5.74) is 6.34. The van der Waals surface area contributed by atoms with Gasteiger partial charge in [0.1, 0.15) is 0 Å². The molecule has 0 amide bonds. The molecule has 3 heterocycles. The summed E-state index contributed by atoms with van der Waals surface area (Å²) in [6.07, 6.45) is 4.67. The van der Waals surface area contributed by atoms with Crippen molar-refractivity contribution in [1.82, 2.24) is 4.98 Å². The number of nitrogen functional groups attached to an aromatic ring is 1. The van der Waals surface area contributed by atoms with Crippen LogP contribution in [0.25, 0.3) is 0 Å². The number of rotatable bonds is 2. The lowest BCUT2D eigenvalue weighted by Crippen LogP contribution is -2.43. The van der Waals surface area contributed by atoms with Gasteiger partial charge in [-0.1, -0.05) is 0 Å². The molecular formula is C12H17N3O2. The van der Waals surface area contributed by atoms with E-state index in [0.717, 1.165) is 37.5 Å². The Balaban J connectivity index is 1.88. The zero-order chi connectivity index (χ0) is 11.8. The van der Waals surface area contributed by atoms with Gasteiger partial charge in [0, 0.05) is 19.2 Å². The van der Waals surface area contributed by atoms with Gasteiger partial charge >= 0.3 is 0 Å². The summed E-state index contributed by atoms with van der Waals surface area (Å²) < 4.78 is 11.2. The standard InChI is InChI=1S/C12H17N3O2/c1-16-11-4-8(13)5-14-12(11)15-6-9-2-3-10(7-15)17-9/h4-5,9-10H,2-3,6-7,13H2,1H3/t9-,10+. The third-order valence-electron chi connectivity index (χ3n) is 3.42. The molecule has 2 saturated heterocycles. The molecule has 0 unspecified atom stereocenters. The first-order chi connectivity index (χ1) is 8.26. The summed E-state index contributed by atoms with van der Waals surface area (Å²) in [5.74, 6) is 1.62. The van der Waals surface area contributed by atoms with Crippen molar-refractivity contribution in [1.29, 1.82) is 0 Å².